The molecule has 2 aromatic rings. The van der Waals surface area contributed by atoms with E-state index in [1.54, 1.807) is 0 Å². The molecule has 0 aliphatic heterocycles. The predicted molar refractivity (Wildman–Crippen MR) is 65.2 cm³/mol. The average molecular weight is 218 g/mol. The second kappa shape index (κ2) is 4.26. The lowest BCUT2D eigenvalue weighted by atomic mass is 10.0. The second-order valence-electron chi connectivity index (χ2n) is 4.77. The first kappa shape index (κ1) is 11.1. The topological polar surface area (TPSA) is 52.0 Å². The van der Waals surface area contributed by atoms with Crippen molar-refractivity contribution in [3.63, 3.8) is 0 Å². The molecule has 0 spiro atoms. The van der Waals surface area contributed by atoms with Crippen LogP contribution in [0.3, 0.4) is 0 Å². The van der Waals surface area contributed by atoms with E-state index in [1.807, 2.05) is 19.1 Å². The maximum Gasteiger partial charge on any atom is 0.167 e. The number of nitrogens with two attached hydrogens (primary N) is 1. The number of rotatable bonds is 3. The highest BCUT2D eigenvalue weighted by Gasteiger charge is 2.11. The van der Waals surface area contributed by atoms with Crippen LogP contribution in [0.1, 0.15) is 38.1 Å². The lowest BCUT2D eigenvalue weighted by Crippen LogP contribution is -2.04. The van der Waals surface area contributed by atoms with E-state index in [0.717, 1.165) is 28.6 Å². The van der Waals surface area contributed by atoms with Gasteiger partial charge in [-0.15, -0.1) is 0 Å². The van der Waals surface area contributed by atoms with Crippen LogP contribution in [0.25, 0.3) is 11.0 Å². The van der Waals surface area contributed by atoms with Crippen molar-refractivity contribution in [2.75, 3.05) is 0 Å². The third kappa shape index (κ3) is 2.09. The fourth-order valence-corrected chi connectivity index (χ4v) is 1.82. The molecule has 2 rings (SSSR count). The van der Waals surface area contributed by atoms with Crippen molar-refractivity contribution in [3.05, 3.63) is 29.5 Å². The number of benzene rings is 1. The van der Waals surface area contributed by atoms with Crippen molar-refractivity contribution in [1.82, 2.24) is 5.16 Å². The van der Waals surface area contributed by atoms with E-state index in [0.29, 0.717) is 5.92 Å². The average Bonchev–Trinajstić information content (AvgIpc) is 2.60. The summed E-state index contributed by atoms with van der Waals surface area (Å²) in [5.74, 6) is 0.585. The maximum atomic E-state index is 5.83. The third-order valence-corrected chi connectivity index (χ3v) is 2.70. The largest absolute Gasteiger partial charge is 0.356 e. The molecule has 0 aliphatic carbocycles. The van der Waals surface area contributed by atoms with Gasteiger partial charge in [-0.25, -0.2) is 0 Å². The summed E-state index contributed by atoms with van der Waals surface area (Å²) in [6.45, 7) is 6.32. The van der Waals surface area contributed by atoms with E-state index in [2.05, 4.69) is 25.1 Å². The summed E-state index contributed by atoms with van der Waals surface area (Å²) in [5.41, 5.74) is 8.79. The van der Waals surface area contributed by atoms with Gasteiger partial charge in [0.25, 0.3) is 0 Å². The number of fused-ring (bicyclic) bond motifs is 1. The molecule has 0 aliphatic rings. The molecule has 1 atom stereocenters. The van der Waals surface area contributed by atoms with Crippen molar-refractivity contribution < 1.29 is 4.52 Å². The standard InChI is InChI=1S/C13H18N2O/c1-8(2)6-12-11-5-4-10(9(3)14)7-13(11)16-15-12/h4-5,7-9H,6,14H2,1-3H3. The van der Waals surface area contributed by atoms with Gasteiger partial charge in [0.2, 0.25) is 0 Å². The molecule has 3 heteroatoms. The zero-order chi connectivity index (χ0) is 11.7. The molecular weight excluding hydrogens is 200 g/mol. The molecule has 0 saturated heterocycles. The number of aromatic nitrogens is 1. The van der Waals surface area contributed by atoms with Crippen LogP contribution in [-0.4, -0.2) is 5.16 Å². The third-order valence-electron chi connectivity index (χ3n) is 2.70. The van der Waals surface area contributed by atoms with Crippen LogP contribution in [0.15, 0.2) is 22.7 Å². The van der Waals surface area contributed by atoms with Crippen LogP contribution in [0.5, 0.6) is 0 Å². The fourth-order valence-electron chi connectivity index (χ4n) is 1.82. The highest BCUT2D eigenvalue weighted by molar-refractivity contribution is 5.80. The van der Waals surface area contributed by atoms with Crippen molar-refractivity contribution in [3.8, 4) is 0 Å². The molecular formula is C13H18N2O. The highest BCUT2D eigenvalue weighted by atomic mass is 16.5. The predicted octanol–water partition coefficient (Wildman–Crippen LogP) is 3.05. The van der Waals surface area contributed by atoms with Crippen LogP contribution in [0.2, 0.25) is 0 Å². The molecule has 16 heavy (non-hydrogen) atoms. The summed E-state index contributed by atoms with van der Waals surface area (Å²) in [6.07, 6.45) is 0.949. The molecule has 86 valence electrons. The minimum Gasteiger partial charge on any atom is -0.356 e. The zero-order valence-corrected chi connectivity index (χ0v) is 10.0. The first-order valence-corrected chi connectivity index (χ1v) is 5.71. The Morgan fingerprint density at radius 2 is 2.06 bits per heavy atom. The van der Waals surface area contributed by atoms with Crippen molar-refractivity contribution >= 4 is 11.0 Å². The van der Waals surface area contributed by atoms with Crippen LogP contribution in [-0.2, 0) is 6.42 Å². The first-order valence-electron chi connectivity index (χ1n) is 5.71. The molecule has 1 heterocycles. The summed E-state index contributed by atoms with van der Waals surface area (Å²) in [5, 5.41) is 5.23. The summed E-state index contributed by atoms with van der Waals surface area (Å²) >= 11 is 0. The van der Waals surface area contributed by atoms with Crippen LogP contribution in [0, 0.1) is 5.92 Å². The summed E-state index contributed by atoms with van der Waals surface area (Å²) in [7, 11) is 0. The minimum atomic E-state index is 0.0306. The molecule has 1 aromatic carbocycles. The Morgan fingerprint density at radius 1 is 1.31 bits per heavy atom. The Hall–Kier alpha value is -1.35. The maximum absolute atomic E-state index is 5.83. The Labute approximate surface area is 95.6 Å². The molecule has 0 fully saturated rings. The molecule has 0 saturated carbocycles. The van der Waals surface area contributed by atoms with Crippen molar-refractivity contribution in [2.45, 2.75) is 33.2 Å². The molecule has 0 amide bonds. The molecule has 1 unspecified atom stereocenters. The SMILES string of the molecule is CC(C)Cc1noc2cc(C(C)N)ccc12. The Balaban J connectivity index is 2.42. The first-order chi connectivity index (χ1) is 7.58. The summed E-state index contributed by atoms with van der Waals surface area (Å²) in [4.78, 5) is 0. The Morgan fingerprint density at radius 3 is 2.69 bits per heavy atom. The minimum absolute atomic E-state index is 0.0306. The van der Waals surface area contributed by atoms with Crippen LogP contribution >= 0.6 is 0 Å². The molecule has 0 bridgehead atoms. The van der Waals surface area contributed by atoms with Gasteiger partial charge in [-0.3, -0.25) is 0 Å². The van der Waals surface area contributed by atoms with Gasteiger partial charge in [-0.1, -0.05) is 25.1 Å². The van der Waals surface area contributed by atoms with Crippen molar-refractivity contribution in [2.24, 2.45) is 11.7 Å². The summed E-state index contributed by atoms with van der Waals surface area (Å²) < 4.78 is 5.34. The van der Waals surface area contributed by atoms with E-state index >= 15 is 0 Å². The van der Waals surface area contributed by atoms with Gasteiger partial charge in [-0.05, 0) is 37.0 Å². The van der Waals surface area contributed by atoms with E-state index in [1.165, 1.54) is 0 Å². The normalized spacial score (nSPS) is 13.6. The number of nitrogens with zero attached hydrogens (tertiary/aromatic N) is 1. The fraction of sp³-hybridized carbons (Fsp3) is 0.462. The van der Waals surface area contributed by atoms with Gasteiger partial charge in [0, 0.05) is 11.4 Å². The highest BCUT2D eigenvalue weighted by Crippen LogP contribution is 2.23. The monoisotopic (exact) mass is 218 g/mol. The van der Waals surface area contributed by atoms with Gasteiger partial charge in [-0.2, -0.15) is 0 Å². The second-order valence-corrected chi connectivity index (χ2v) is 4.77. The summed E-state index contributed by atoms with van der Waals surface area (Å²) in [6, 6.07) is 6.12. The Kier molecular flexibility index (Phi) is 2.97. The Bertz CT molecular complexity index is 486. The smallest absolute Gasteiger partial charge is 0.167 e. The van der Waals surface area contributed by atoms with Gasteiger partial charge < -0.3 is 10.3 Å². The van der Waals surface area contributed by atoms with E-state index in [9.17, 15) is 0 Å². The molecule has 0 radical (unpaired) electrons. The van der Waals surface area contributed by atoms with Gasteiger partial charge in [0.1, 0.15) is 0 Å². The molecule has 1 aromatic heterocycles. The lowest BCUT2D eigenvalue weighted by Gasteiger charge is -2.04. The molecule has 3 nitrogen and oxygen atoms in total. The van der Waals surface area contributed by atoms with Crippen LogP contribution < -0.4 is 5.73 Å². The number of hydrogen-bond donors (Lipinski definition) is 1. The van der Waals surface area contributed by atoms with E-state index < -0.39 is 0 Å². The lowest BCUT2D eigenvalue weighted by molar-refractivity contribution is 0.439. The zero-order valence-electron chi connectivity index (χ0n) is 10.0. The molecule has 2 N–H and O–H groups in total. The number of hydrogen-bond acceptors (Lipinski definition) is 3. The van der Waals surface area contributed by atoms with Gasteiger partial charge in [0.05, 0.1) is 5.69 Å². The van der Waals surface area contributed by atoms with Gasteiger partial charge >= 0.3 is 0 Å². The van der Waals surface area contributed by atoms with Gasteiger partial charge in [0.15, 0.2) is 5.58 Å². The van der Waals surface area contributed by atoms with E-state index in [-0.39, 0.29) is 6.04 Å². The van der Waals surface area contributed by atoms with E-state index in [4.69, 9.17) is 10.3 Å². The quantitative estimate of drug-likeness (QED) is 0.861. The van der Waals surface area contributed by atoms with Crippen LogP contribution in [0.4, 0.5) is 0 Å². The van der Waals surface area contributed by atoms with Crippen molar-refractivity contribution in [1.29, 1.82) is 0 Å².